The molecule has 96 valence electrons. The van der Waals surface area contributed by atoms with E-state index in [1.54, 1.807) is 24.3 Å². The lowest BCUT2D eigenvalue weighted by molar-refractivity contribution is 0.0697. The van der Waals surface area contributed by atoms with E-state index in [0.29, 0.717) is 6.61 Å². The maximum Gasteiger partial charge on any atom is 0.335 e. The van der Waals surface area contributed by atoms with Crippen molar-refractivity contribution in [1.29, 1.82) is 0 Å². The number of aromatic carboxylic acids is 1. The Balaban J connectivity index is 1.78. The van der Waals surface area contributed by atoms with Gasteiger partial charge in [0.15, 0.2) is 0 Å². The quantitative estimate of drug-likeness (QED) is 0.885. The summed E-state index contributed by atoms with van der Waals surface area (Å²) in [5.74, 6) is -0.0109. The molecule has 1 atom stereocenters. The SMILES string of the molecule is O=C(O)c1ccc(NC2COc3ccccc32)cc1. The van der Waals surface area contributed by atoms with Crippen LogP contribution in [0.5, 0.6) is 5.75 Å². The highest BCUT2D eigenvalue weighted by Crippen LogP contribution is 2.33. The zero-order valence-corrected chi connectivity index (χ0v) is 10.2. The monoisotopic (exact) mass is 255 g/mol. The Kier molecular flexibility index (Phi) is 2.83. The predicted octanol–water partition coefficient (Wildman–Crippen LogP) is 2.93. The largest absolute Gasteiger partial charge is 0.491 e. The van der Waals surface area contributed by atoms with E-state index in [4.69, 9.17) is 9.84 Å². The van der Waals surface area contributed by atoms with Gasteiger partial charge in [0.25, 0.3) is 0 Å². The van der Waals surface area contributed by atoms with Crippen molar-refractivity contribution >= 4 is 11.7 Å². The van der Waals surface area contributed by atoms with E-state index >= 15 is 0 Å². The summed E-state index contributed by atoms with van der Waals surface area (Å²) >= 11 is 0. The van der Waals surface area contributed by atoms with Gasteiger partial charge in [-0.15, -0.1) is 0 Å². The van der Waals surface area contributed by atoms with Gasteiger partial charge in [-0.3, -0.25) is 0 Å². The molecule has 4 heteroatoms. The van der Waals surface area contributed by atoms with Crippen LogP contribution in [0.25, 0.3) is 0 Å². The van der Waals surface area contributed by atoms with Gasteiger partial charge in [0, 0.05) is 11.3 Å². The average Bonchev–Trinajstić information content (AvgIpc) is 2.83. The summed E-state index contributed by atoms with van der Waals surface area (Å²) in [6.07, 6.45) is 0. The molecule has 0 aromatic heterocycles. The molecule has 0 fully saturated rings. The fourth-order valence-electron chi connectivity index (χ4n) is 2.19. The van der Waals surface area contributed by atoms with E-state index in [1.807, 2.05) is 24.3 Å². The number of hydrogen-bond acceptors (Lipinski definition) is 3. The third-order valence-electron chi connectivity index (χ3n) is 3.17. The van der Waals surface area contributed by atoms with Gasteiger partial charge in [-0.05, 0) is 30.3 Å². The molecule has 4 nitrogen and oxygen atoms in total. The Morgan fingerprint density at radius 2 is 1.89 bits per heavy atom. The van der Waals surface area contributed by atoms with Crippen LogP contribution >= 0.6 is 0 Å². The van der Waals surface area contributed by atoms with Crippen molar-refractivity contribution in [3.05, 3.63) is 59.7 Å². The Hall–Kier alpha value is -2.49. The molecule has 19 heavy (non-hydrogen) atoms. The molecule has 2 N–H and O–H groups in total. The number of rotatable bonds is 3. The molecule has 2 aromatic carbocycles. The van der Waals surface area contributed by atoms with E-state index < -0.39 is 5.97 Å². The second kappa shape index (κ2) is 4.65. The van der Waals surface area contributed by atoms with Crippen LogP contribution in [0.2, 0.25) is 0 Å². The second-order valence-corrected chi connectivity index (χ2v) is 4.43. The van der Waals surface area contributed by atoms with Crippen molar-refractivity contribution in [3.63, 3.8) is 0 Å². The number of carbonyl (C=O) groups is 1. The zero-order chi connectivity index (χ0) is 13.2. The van der Waals surface area contributed by atoms with Gasteiger partial charge in [0.2, 0.25) is 0 Å². The minimum absolute atomic E-state index is 0.104. The van der Waals surface area contributed by atoms with E-state index in [9.17, 15) is 4.79 Å². The van der Waals surface area contributed by atoms with Crippen LogP contribution in [0.4, 0.5) is 5.69 Å². The van der Waals surface area contributed by atoms with Crippen molar-refractivity contribution in [1.82, 2.24) is 0 Å². The van der Waals surface area contributed by atoms with Crippen molar-refractivity contribution in [2.75, 3.05) is 11.9 Å². The molecule has 0 saturated heterocycles. The number of para-hydroxylation sites is 1. The van der Waals surface area contributed by atoms with Gasteiger partial charge < -0.3 is 15.2 Å². The van der Waals surface area contributed by atoms with Crippen LogP contribution in [0.15, 0.2) is 48.5 Å². The number of carboxylic acid groups (broad SMARTS) is 1. The summed E-state index contributed by atoms with van der Waals surface area (Å²) in [4.78, 5) is 10.8. The summed E-state index contributed by atoms with van der Waals surface area (Å²) in [6, 6.07) is 14.7. The summed E-state index contributed by atoms with van der Waals surface area (Å²) < 4.78 is 5.59. The van der Waals surface area contributed by atoms with E-state index in [2.05, 4.69) is 5.32 Å². The molecule has 1 aliphatic heterocycles. The van der Waals surface area contributed by atoms with Crippen molar-refractivity contribution in [3.8, 4) is 5.75 Å². The number of anilines is 1. The second-order valence-electron chi connectivity index (χ2n) is 4.43. The van der Waals surface area contributed by atoms with Crippen LogP contribution in [0.3, 0.4) is 0 Å². The maximum atomic E-state index is 10.8. The first-order valence-electron chi connectivity index (χ1n) is 6.05. The first-order chi connectivity index (χ1) is 9.24. The van der Waals surface area contributed by atoms with Crippen molar-refractivity contribution in [2.24, 2.45) is 0 Å². The molecule has 0 bridgehead atoms. The highest BCUT2D eigenvalue weighted by Gasteiger charge is 2.23. The fourth-order valence-corrected chi connectivity index (χ4v) is 2.19. The lowest BCUT2D eigenvalue weighted by Crippen LogP contribution is -2.12. The first kappa shape index (κ1) is 11.6. The van der Waals surface area contributed by atoms with Crippen LogP contribution < -0.4 is 10.1 Å². The summed E-state index contributed by atoms with van der Waals surface area (Å²) in [5.41, 5.74) is 2.30. The fraction of sp³-hybridized carbons (Fsp3) is 0.133. The van der Waals surface area contributed by atoms with E-state index in [-0.39, 0.29) is 11.6 Å². The van der Waals surface area contributed by atoms with Gasteiger partial charge in [-0.2, -0.15) is 0 Å². The lowest BCUT2D eigenvalue weighted by atomic mass is 10.1. The number of hydrogen-bond donors (Lipinski definition) is 2. The van der Waals surface area contributed by atoms with E-state index in [0.717, 1.165) is 17.0 Å². The van der Waals surface area contributed by atoms with Crippen LogP contribution in [-0.4, -0.2) is 17.7 Å². The molecule has 0 radical (unpaired) electrons. The Labute approximate surface area is 110 Å². The smallest absolute Gasteiger partial charge is 0.335 e. The van der Waals surface area contributed by atoms with Crippen LogP contribution in [0.1, 0.15) is 22.0 Å². The third-order valence-corrected chi connectivity index (χ3v) is 3.17. The number of benzene rings is 2. The van der Waals surface area contributed by atoms with E-state index in [1.165, 1.54) is 0 Å². The molecule has 1 heterocycles. The standard InChI is InChI=1S/C15H13NO3/c17-15(18)10-5-7-11(8-6-10)16-13-9-19-14-4-2-1-3-12(13)14/h1-8,13,16H,9H2,(H,17,18). The molecule has 1 aliphatic rings. The summed E-state index contributed by atoms with van der Waals surface area (Å²) in [7, 11) is 0. The summed E-state index contributed by atoms with van der Waals surface area (Å²) in [5, 5.41) is 12.2. The van der Waals surface area contributed by atoms with Gasteiger partial charge in [-0.25, -0.2) is 4.79 Å². The molecule has 0 spiro atoms. The zero-order valence-electron chi connectivity index (χ0n) is 10.2. The molecule has 0 aliphatic carbocycles. The normalized spacial score (nSPS) is 16.5. The topological polar surface area (TPSA) is 58.6 Å². The van der Waals surface area contributed by atoms with Gasteiger partial charge in [-0.1, -0.05) is 18.2 Å². The van der Waals surface area contributed by atoms with Crippen molar-refractivity contribution in [2.45, 2.75) is 6.04 Å². The Morgan fingerprint density at radius 3 is 2.63 bits per heavy atom. The Morgan fingerprint density at radius 1 is 1.16 bits per heavy atom. The molecule has 3 rings (SSSR count). The molecule has 2 aromatic rings. The van der Waals surface area contributed by atoms with Gasteiger partial charge in [0.05, 0.1) is 11.6 Å². The number of nitrogens with one attached hydrogen (secondary N) is 1. The molecule has 1 unspecified atom stereocenters. The average molecular weight is 255 g/mol. The molecule has 0 amide bonds. The maximum absolute atomic E-state index is 10.8. The van der Waals surface area contributed by atoms with Crippen LogP contribution in [-0.2, 0) is 0 Å². The molecular formula is C15H13NO3. The highest BCUT2D eigenvalue weighted by atomic mass is 16.5. The van der Waals surface area contributed by atoms with Crippen molar-refractivity contribution < 1.29 is 14.6 Å². The highest BCUT2D eigenvalue weighted by molar-refractivity contribution is 5.88. The van der Waals surface area contributed by atoms with Gasteiger partial charge >= 0.3 is 5.97 Å². The minimum Gasteiger partial charge on any atom is -0.491 e. The predicted molar refractivity (Wildman–Crippen MR) is 71.7 cm³/mol. The molecule has 0 saturated carbocycles. The Bertz CT molecular complexity index is 607. The number of ether oxygens (including phenoxy) is 1. The summed E-state index contributed by atoms with van der Waals surface area (Å²) in [6.45, 7) is 0.583. The number of carboxylic acids is 1. The first-order valence-corrected chi connectivity index (χ1v) is 6.05. The van der Waals surface area contributed by atoms with Crippen LogP contribution in [0, 0.1) is 0 Å². The minimum atomic E-state index is -0.916. The third kappa shape index (κ3) is 2.25. The van der Waals surface area contributed by atoms with Gasteiger partial charge in [0.1, 0.15) is 12.4 Å². The number of fused-ring (bicyclic) bond motifs is 1. The molecular weight excluding hydrogens is 242 g/mol. The lowest BCUT2D eigenvalue weighted by Gasteiger charge is -2.13.